The average molecular weight is 150 g/mol. The predicted octanol–water partition coefficient (Wildman–Crippen LogP) is 1.60. The third-order valence-corrected chi connectivity index (χ3v) is 1.59. The highest BCUT2D eigenvalue weighted by atomic mass is 16.5. The Morgan fingerprint density at radius 3 is 2.82 bits per heavy atom. The molecule has 2 nitrogen and oxygen atoms in total. The summed E-state index contributed by atoms with van der Waals surface area (Å²) >= 11 is 0. The summed E-state index contributed by atoms with van der Waals surface area (Å²) in [6, 6.07) is 0. The van der Waals surface area contributed by atoms with Gasteiger partial charge >= 0.3 is 0 Å². The van der Waals surface area contributed by atoms with Crippen molar-refractivity contribution < 1.29 is 9.53 Å². The summed E-state index contributed by atoms with van der Waals surface area (Å²) in [7, 11) is 1.56. The standard InChI is InChI=1S/C9H10O2/c1-3-7-4-5-8(11-2)6-9(7)10/h3-5H,1,6H2,2H3. The molecule has 0 unspecified atom stereocenters. The van der Waals surface area contributed by atoms with E-state index in [-0.39, 0.29) is 5.78 Å². The van der Waals surface area contributed by atoms with Crippen molar-refractivity contribution in [2.75, 3.05) is 7.11 Å². The molecule has 0 radical (unpaired) electrons. The van der Waals surface area contributed by atoms with Gasteiger partial charge in [0.15, 0.2) is 5.78 Å². The summed E-state index contributed by atoms with van der Waals surface area (Å²) in [5, 5.41) is 0. The van der Waals surface area contributed by atoms with Crippen LogP contribution in [0, 0.1) is 0 Å². The van der Waals surface area contributed by atoms with Gasteiger partial charge in [0.1, 0.15) is 5.76 Å². The highest BCUT2D eigenvalue weighted by Gasteiger charge is 2.12. The van der Waals surface area contributed by atoms with Crippen molar-refractivity contribution in [1.82, 2.24) is 0 Å². The summed E-state index contributed by atoms with van der Waals surface area (Å²) in [4.78, 5) is 11.1. The lowest BCUT2D eigenvalue weighted by Crippen LogP contribution is -2.06. The lowest BCUT2D eigenvalue weighted by atomic mass is 10.0. The lowest BCUT2D eigenvalue weighted by molar-refractivity contribution is -0.115. The topological polar surface area (TPSA) is 26.3 Å². The average Bonchev–Trinajstić information content (AvgIpc) is 2.04. The van der Waals surface area contributed by atoms with Gasteiger partial charge in [-0.15, -0.1) is 0 Å². The maximum Gasteiger partial charge on any atom is 0.170 e. The lowest BCUT2D eigenvalue weighted by Gasteiger charge is -2.09. The highest BCUT2D eigenvalue weighted by molar-refractivity contribution is 6.00. The van der Waals surface area contributed by atoms with Crippen LogP contribution in [0.4, 0.5) is 0 Å². The zero-order valence-corrected chi connectivity index (χ0v) is 6.46. The SMILES string of the molecule is C=CC1=CC=C(OC)CC1=O. The van der Waals surface area contributed by atoms with Crippen LogP contribution >= 0.6 is 0 Å². The van der Waals surface area contributed by atoms with Gasteiger partial charge in [0, 0.05) is 5.57 Å². The fraction of sp³-hybridized carbons (Fsp3) is 0.222. The van der Waals surface area contributed by atoms with Crippen molar-refractivity contribution >= 4 is 5.78 Å². The van der Waals surface area contributed by atoms with Crippen LogP contribution in [0.2, 0.25) is 0 Å². The van der Waals surface area contributed by atoms with Gasteiger partial charge in [-0.1, -0.05) is 12.7 Å². The second-order valence-electron chi connectivity index (χ2n) is 2.26. The van der Waals surface area contributed by atoms with E-state index in [4.69, 9.17) is 4.74 Å². The minimum absolute atomic E-state index is 0.0688. The fourth-order valence-corrected chi connectivity index (χ4v) is 0.917. The molecule has 0 aromatic rings. The number of rotatable bonds is 2. The molecule has 0 N–H and O–H groups in total. The molecule has 11 heavy (non-hydrogen) atoms. The number of carbonyl (C=O) groups is 1. The monoisotopic (exact) mass is 150 g/mol. The van der Waals surface area contributed by atoms with Gasteiger partial charge in [-0.25, -0.2) is 0 Å². The zero-order valence-electron chi connectivity index (χ0n) is 6.46. The van der Waals surface area contributed by atoms with Gasteiger partial charge in [0.2, 0.25) is 0 Å². The van der Waals surface area contributed by atoms with E-state index in [1.807, 2.05) is 0 Å². The number of ketones is 1. The number of allylic oxidation sites excluding steroid dienone is 5. The first-order chi connectivity index (χ1) is 5.27. The summed E-state index contributed by atoms with van der Waals surface area (Å²) in [5.41, 5.74) is 0.658. The minimum Gasteiger partial charge on any atom is -0.501 e. The van der Waals surface area contributed by atoms with Crippen LogP contribution in [0.3, 0.4) is 0 Å². The number of methoxy groups -OCH3 is 1. The molecule has 0 bridgehead atoms. The Bertz CT molecular complexity index is 246. The van der Waals surface area contributed by atoms with Crippen molar-refractivity contribution in [3.05, 3.63) is 36.1 Å². The smallest absolute Gasteiger partial charge is 0.170 e. The molecule has 1 rings (SSSR count). The molecule has 58 valence electrons. The summed E-state index contributed by atoms with van der Waals surface area (Å²) in [6.07, 6.45) is 5.43. The molecule has 0 saturated heterocycles. The molecule has 1 aliphatic carbocycles. The van der Waals surface area contributed by atoms with Crippen LogP contribution in [-0.2, 0) is 9.53 Å². The maximum atomic E-state index is 11.1. The molecule has 0 aromatic carbocycles. The Morgan fingerprint density at radius 1 is 1.64 bits per heavy atom. The van der Waals surface area contributed by atoms with Crippen molar-refractivity contribution in [2.45, 2.75) is 6.42 Å². The number of carbonyl (C=O) groups excluding carboxylic acids is 1. The molecule has 1 aliphatic rings. The van der Waals surface area contributed by atoms with Crippen molar-refractivity contribution in [1.29, 1.82) is 0 Å². The molecule has 2 heteroatoms. The molecule has 0 atom stereocenters. The quantitative estimate of drug-likeness (QED) is 0.597. The molecular weight excluding hydrogens is 140 g/mol. The molecule has 0 saturated carbocycles. The van der Waals surface area contributed by atoms with Crippen molar-refractivity contribution in [2.24, 2.45) is 0 Å². The Hall–Kier alpha value is -1.31. The Morgan fingerprint density at radius 2 is 2.36 bits per heavy atom. The Labute approximate surface area is 65.9 Å². The fourth-order valence-electron chi connectivity index (χ4n) is 0.917. The normalized spacial score (nSPS) is 17.0. The van der Waals surface area contributed by atoms with E-state index in [9.17, 15) is 4.79 Å². The van der Waals surface area contributed by atoms with Crippen LogP contribution in [-0.4, -0.2) is 12.9 Å². The van der Waals surface area contributed by atoms with Crippen molar-refractivity contribution in [3.8, 4) is 0 Å². The molecule has 0 fully saturated rings. The first kappa shape index (κ1) is 7.79. The zero-order chi connectivity index (χ0) is 8.27. The number of ether oxygens (including phenoxy) is 1. The largest absolute Gasteiger partial charge is 0.501 e. The minimum atomic E-state index is 0.0688. The van der Waals surface area contributed by atoms with Gasteiger partial charge in [0.05, 0.1) is 13.5 Å². The van der Waals surface area contributed by atoms with Crippen LogP contribution in [0.1, 0.15) is 6.42 Å². The van der Waals surface area contributed by atoms with Crippen LogP contribution < -0.4 is 0 Å². The highest BCUT2D eigenvalue weighted by Crippen LogP contribution is 2.15. The molecule has 0 spiro atoms. The number of hydrogen-bond donors (Lipinski definition) is 0. The molecular formula is C9H10O2. The van der Waals surface area contributed by atoms with E-state index in [0.717, 1.165) is 0 Å². The summed E-state index contributed by atoms with van der Waals surface area (Å²) < 4.78 is 4.92. The molecule has 0 aromatic heterocycles. The summed E-state index contributed by atoms with van der Waals surface area (Å²) in [6.45, 7) is 3.53. The van der Waals surface area contributed by atoms with E-state index in [2.05, 4.69) is 6.58 Å². The van der Waals surface area contributed by atoms with E-state index < -0.39 is 0 Å². The third-order valence-electron chi connectivity index (χ3n) is 1.59. The van der Waals surface area contributed by atoms with Crippen LogP contribution in [0.25, 0.3) is 0 Å². The van der Waals surface area contributed by atoms with Gasteiger partial charge in [-0.2, -0.15) is 0 Å². The molecule has 0 heterocycles. The van der Waals surface area contributed by atoms with Crippen LogP contribution in [0.15, 0.2) is 36.1 Å². The van der Waals surface area contributed by atoms with Gasteiger partial charge in [-0.05, 0) is 12.2 Å². The maximum absolute atomic E-state index is 11.1. The van der Waals surface area contributed by atoms with E-state index in [0.29, 0.717) is 17.8 Å². The van der Waals surface area contributed by atoms with Gasteiger partial charge in [-0.3, -0.25) is 4.79 Å². The number of hydrogen-bond acceptors (Lipinski definition) is 2. The van der Waals surface area contributed by atoms with E-state index in [1.165, 1.54) is 0 Å². The third kappa shape index (κ3) is 1.58. The number of Topliss-reactive ketones (excluding diaryl/α,β-unsaturated/α-hetero) is 1. The van der Waals surface area contributed by atoms with Gasteiger partial charge < -0.3 is 4.74 Å². The molecule has 0 amide bonds. The van der Waals surface area contributed by atoms with E-state index >= 15 is 0 Å². The molecule has 0 aliphatic heterocycles. The van der Waals surface area contributed by atoms with Crippen molar-refractivity contribution in [3.63, 3.8) is 0 Å². The van der Waals surface area contributed by atoms with Crippen LogP contribution in [0.5, 0.6) is 0 Å². The predicted molar refractivity (Wildman–Crippen MR) is 43.0 cm³/mol. The Kier molecular flexibility index (Phi) is 2.26. The first-order valence-electron chi connectivity index (χ1n) is 3.38. The van der Waals surface area contributed by atoms with Gasteiger partial charge in [0.25, 0.3) is 0 Å². The first-order valence-corrected chi connectivity index (χ1v) is 3.38. The summed E-state index contributed by atoms with van der Waals surface area (Å²) in [5.74, 6) is 0.778. The Balaban J connectivity index is 2.85. The van der Waals surface area contributed by atoms with E-state index in [1.54, 1.807) is 25.3 Å². The second kappa shape index (κ2) is 3.19. The second-order valence-corrected chi connectivity index (χ2v) is 2.26.